The average molecular weight is 287 g/mol. The quantitative estimate of drug-likeness (QED) is 0.805. The predicted octanol–water partition coefficient (Wildman–Crippen LogP) is 3.01. The number of hydrogen-bond acceptors (Lipinski definition) is 3. The van der Waals surface area contributed by atoms with Gasteiger partial charge in [0, 0.05) is 10.9 Å². The molecule has 0 amide bonds. The first-order valence-corrected chi connectivity index (χ1v) is 7.56. The monoisotopic (exact) mass is 287 g/mol. The van der Waals surface area contributed by atoms with Gasteiger partial charge in [0.25, 0.3) is 0 Å². The highest BCUT2D eigenvalue weighted by Gasteiger charge is 2.19. The van der Waals surface area contributed by atoms with Gasteiger partial charge in [-0.3, -0.25) is 0 Å². The average Bonchev–Trinajstić information content (AvgIpc) is 2.92. The fourth-order valence-electron chi connectivity index (χ4n) is 2.07. The summed E-state index contributed by atoms with van der Waals surface area (Å²) in [6, 6.07) is 15.5. The summed E-state index contributed by atoms with van der Waals surface area (Å²) < 4.78 is 30.1. The Hall–Kier alpha value is -2.27. The number of methoxy groups -OCH3 is 1. The van der Waals surface area contributed by atoms with Crippen molar-refractivity contribution in [3.63, 3.8) is 0 Å². The van der Waals surface area contributed by atoms with Gasteiger partial charge < -0.3 is 9.72 Å². The predicted molar refractivity (Wildman–Crippen MR) is 76.7 cm³/mol. The molecule has 0 unspecified atom stereocenters. The highest BCUT2D eigenvalue weighted by atomic mass is 32.2. The van der Waals surface area contributed by atoms with Gasteiger partial charge >= 0.3 is 0 Å². The second kappa shape index (κ2) is 4.68. The molecular formula is C15H13NO3S. The lowest BCUT2D eigenvalue weighted by Crippen LogP contribution is -2.02. The third-order valence-corrected chi connectivity index (χ3v) is 4.86. The molecule has 3 aromatic rings. The van der Waals surface area contributed by atoms with E-state index in [9.17, 15) is 8.42 Å². The van der Waals surface area contributed by atoms with Crippen LogP contribution in [0.1, 0.15) is 0 Å². The van der Waals surface area contributed by atoms with Crippen LogP contribution in [0.15, 0.2) is 64.5 Å². The van der Waals surface area contributed by atoms with Gasteiger partial charge in [-0.2, -0.15) is 0 Å². The number of aromatic nitrogens is 1. The normalized spacial score (nSPS) is 11.7. The lowest BCUT2D eigenvalue weighted by atomic mass is 10.3. The smallest absolute Gasteiger partial charge is 0.221 e. The van der Waals surface area contributed by atoms with Crippen molar-refractivity contribution in [2.45, 2.75) is 9.92 Å². The minimum atomic E-state index is -3.54. The molecule has 0 spiro atoms. The molecule has 1 N–H and O–H groups in total. The van der Waals surface area contributed by atoms with Crippen molar-refractivity contribution in [3.05, 3.63) is 54.6 Å². The first-order valence-electron chi connectivity index (χ1n) is 6.08. The molecule has 0 aliphatic rings. The summed E-state index contributed by atoms with van der Waals surface area (Å²) in [5, 5.41) is 1.07. The van der Waals surface area contributed by atoms with Gasteiger partial charge in [0.05, 0.1) is 12.0 Å². The third kappa shape index (κ3) is 2.06. The number of fused-ring (bicyclic) bond motifs is 1. The molecule has 4 nitrogen and oxygen atoms in total. The number of benzene rings is 2. The summed E-state index contributed by atoms with van der Waals surface area (Å²) in [5.74, 6) is 0.626. The van der Waals surface area contributed by atoms with E-state index in [-0.39, 0.29) is 9.92 Å². The van der Waals surface area contributed by atoms with E-state index in [0.29, 0.717) is 5.75 Å². The van der Waals surface area contributed by atoms with Crippen LogP contribution in [0.2, 0.25) is 0 Å². The molecule has 0 atom stereocenters. The fourth-order valence-corrected chi connectivity index (χ4v) is 3.35. The van der Waals surface area contributed by atoms with E-state index >= 15 is 0 Å². The van der Waals surface area contributed by atoms with Gasteiger partial charge in [0.2, 0.25) is 9.84 Å². The molecule has 1 aromatic heterocycles. The number of ether oxygens (including phenoxy) is 1. The highest BCUT2D eigenvalue weighted by Crippen LogP contribution is 2.25. The van der Waals surface area contributed by atoms with Gasteiger partial charge in [-0.15, -0.1) is 0 Å². The van der Waals surface area contributed by atoms with E-state index in [2.05, 4.69) is 4.98 Å². The van der Waals surface area contributed by atoms with Crippen LogP contribution in [-0.4, -0.2) is 20.5 Å². The van der Waals surface area contributed by atoms with Crippen molar-refractivity contribution < 1.29 is 13.2 Å². The molecular weight excluding hydrogens is 274 g/mol. The Morgan fingerprint density at radius 2 is 1.70 bits per heavy atom. The molecule has 20 heavy (non-hydrogen) atoms. The Morgan fingerprint density at radius 3 is 2.35 bits per heavy atom. The van der Waals surface area contributed by atoms with E-state index < -0.39 is 9.84 Å². The number of sulfone groups is 1. The number of aromatic amines is 1. The number of para-hydroxylation sites is 1. The fraction of sp³-hybridized carbons (Fsp3) is 0.0667. The Kier molecular flexibility index (Phi) is 2.99. The van der Waals surface area contributed by atoms with Crippen LogP contribution in [0.3, 0.4) is 0 Å². The third-order valence-electron chi connectivity index (χ3n) is 3.16. The van der Waals surface area contributed by atoms with Crippen LogP contribution in [0.25, 0.3) is 10.9 Å². The van der Waals surface area contributed by atoms with Crippen LogP contribution < -0.4 is 4.74 Å². The Labute approximate surface area is 116 Å². The molecule has 0 saturated heterocycles. The molecule has 5 heteroatoms. The number of nitrogens with one attached hydrogen (secondary N) is 1. The molecule has 0 saturated carbocycles. The minimum absolute atomic E-state index is 0.198. The summed E-state index contributed by atoms with van der Waals surface area (Å²) >= 11 is 0. The zero-order valence-corrected chi connectivity index (χ0v) is 11.6. The maximum Gasteiger partial charge on any atom is 0.221 e. The maximum absolute atomic E-state index is 12.5. The molecule has 2 aromatic carbocycles. The van der Waals surface area contributed by atoms with E-state index in [1.54, 1.807) is 37.4 Å². The Bertz CT molecular complexity index is 815. The van der Waals surface area contributed by atoms with Crippen molar-refractivity contribution >= 4 is 20.7 Å². The Morgan fingerprint density at radius 1 is 1.00 bits per heavy atom. The minimum Gasteiger partial charge on any atom is -0.497 e. The molecule has 0 aliphatic heterocycles. The zero-order valence-electron chi connectivity index (χ0n) is 10.8. The van der Waals surface area contributed by atoms with E-state index in [1.165, 1.54) is 0 Å². The molecule has 102 valence electrons. The zero-order chi connectivity index (χ0) is 14.2. The SMILES string of the molecule is COc1ccc(S(=O)(=O)c2cc3ccccc3[nH]2)cc1. The van der Waals surface area contributed by atoms with Crippen LogP contribution in [0, 0.1) is 0 Å². The number of hydrogen-bond donors (Lipinski definition) is 1. The second-order valence-electron chi connectivity index (χ2n) is 4.40. The van der Waals surface area contributed by atoms with Gasteiger partial charge in [0.15, 0.2) is 0 Å². The van der Waals surface area contributed by atoms with Crippen molar-refractivity contribution in [1.82, 2.24) is 4.98 Å². The van der Waals surface area contributed by atoms with Crippen molar-refractivity contribution in [2.75, 3.05) is 7.11 Å². The van der Waals surface area contributed by atoms with Gasteiger partial charge in [-0.05, 0) is 36.4 Å². The number of H-pyrrole nitrogens is 1. The standard InChI is InChI=1S/C15H13NO3S/c1-19-12-6-8-13(9-7-12)20(17,18)15-10-11-4-2-3-5-14(11)16-15/h2-10,16H,1H3. The lowest BCUT2D eigenvalue weighted by molar-refractivity contribution is 0.414. The second-order valence-corrected chi connectivity index (χ2v) is 6.32. The first-order chi connectivity index (χ1) is 9.61. The summed E-state index contributed by atoms with van der Waals surface area (Å²) in [4.78, 5) is 3.18. The topological polar surface area (TPSA) is 59.2 Å². The van der Waals surface area contributed by atoms with E-state index in [1.807, 2.05) is 24.3 Å². The highest BCUT2D eigenvalue weighted by molar-refractivity contribution is 7.91. The largest absolute Gasteiger partial charge is 0.497 e. The van der Waals surface area contributed by atoms with Crippen LogP contribution in [0.4, 0.5) is 0 Å². The van der Waals surface area contributed by atoms with Crippen molar-refractivity contribution in [2.24, 2.45) is 0 Å². The van der Waals surface area contributed by atoms with Gasteiger partial charge in [0.1, 0.15) is 10.8 Å². The summed E-state index contributed by atoms with van der Waals surface area (Å²) in [7, 11) is -1.99. The van der Waals surface area contributed by atoms with Gasteiger partial charge in [-0.25, -0.2) is 8.42 Å². The molecule has 0 fully saturated rings. The van der Waals surface area contributed by atoms with Crippen LogP contribution in [0.5, 0.6) is 5.75 Å². The number of rotatable bonds is 3. The molecule has 0 aliphatic carbocycles. The molecule has 0 bridgehead atoms. The van der Waals surface area contributed by atoms with Crippen molar-refractivity contribution in [1.29, 1.82) is 0 Å². The van der Waals surface area contributed by atoms with Gasteiger partial charge in [-0.1, -0.05) is 18.2 Å². The summed E-state index contributed by atoms with van der Waals surface area (Å²) in [6.45, 7) is 0. The van der Waals surface area contributed by atoms with Crippen molar-refractivity contribution in [3.8, 4) is 5.75 Å². The van der Waals surface area contributed by atoms with E-state index in [0.717, 1.165) is 10.9 Å². The maximum atomic E-state index is 12.5. The molecule has 3 rings (SSSR count). The van der Waals surface area contributed by atoms with Crippen LogP contribution >= 0.6 is 0 Å². The molecule has 1 heterocycles. The van der Waals surface area contributed by atoms with Crippen LogP contribution in [-0.2, 0) is 9.84 Å². The first kappa shape index (κ1) is 12.7. The van der Waals surface area contributed by atoms with E-state index in [4.69, 9.17) is 4.74 Å². The summed E-state index contributed by atoms with van der Waals surface area (Å²) in [6.07, 6.45) is 0. The Balaban J connectivity index is 2.10. The summed E-state index contributed by atoms with van der Waals surface area (Å²) in [5.41, 5.74) is 0.805. The lowest BCUT2D eigenvalue weighted by Gasteiger charge is -2.03. The molecule has 0 radical (unpaired) electrons.